The minimum absolute atomic E-state index is 0.554. The van der Waals surface area contributed by atoms with Gasteiger partial charge in [-0.3, -0.25) is 4.40 Å². The Balaban J connectivity index is 1.85. The van der Waals surface area contributed by atoms with Crippen LogP contribution in [0, 0.1) is 18.3 Å². The highest BCUT2D eigenvalue weighted by molar-refractivity contribution is 5.74. The van der Waals surface area contributed by atoms with Crippen molar-refractivity contribution in [2.45, 2.75) is 6.92 Å². The van der Waals surface area contributed by atoms with E-state index in [4.69, 9.17) is 10.2 Å². The zero-order valence-corrected chi connectivity index (χ0v) is 14.2. The van der Waals surface area contributed by atoms with Crippen LogP contribution >= 0.6 is 0 Å². The maximum absolute atomic E-state index is 9.03. The van der Waals surface area contributed by atoms with Gasteiger partial charge in [-0.15, -0.1) is 10.2 Å². The number of imidazole rings is 1. The highest BCUT2D eigenvalue weighted by Crippen LogP contribution is 2.32. The van der Waals surface area contributed by atoms with Crippen molar-refractivity contribution in [2.24, 2.45) is 10.2 Å². The van der Waals surface area contributed by atoms with Crippen molar-refractivity contribution in [3.63, 3.8) is 0 Å². The lowest BCUT2D eigenvalue weighted by atomic mass is 10.1. The van der Waals surface area contributed by atoms with E-state index in [0.717, 1.165) is 16.9 Å². The lowest BCUT2D eigenvalue weighted by Crippen LogP contribution is -1.82. The fourth-order valence-corrected chi connectivity index (χ4v) is 2.73. The van der Waals surface area contributed by atoms with Crippen LogP contribution in [0.2, 0.25) is 0 Å². The molecule has 5 nitrogen and oxygen atoms in total. The van der Waals surface area contributed by atoms with Crippen LogP contribution in [0.4, 0.5) is 11.5 Å². The number of aromatic nitrogens is 2. The largest absolute Gasteiger partial charge is 0.283 e. The van der Waals surface area contributed by atoms with Gasteiger partial charge in [-0.1, -0.05) is 42.0 Å². The molecule has 0 aliphatic heterocycles. The Kier molecular flexibility index (Phi) is 4.00. The Bertz CT molecular complexity index is 1150. The Morgan fingerprint density at radius 1 is 0.962 bits per heavy atom. The SMILES string of the molecule is Cc1ccc(-c2nc3ccccn3c2N=Nc2cccc(C#N)c2)cc1. The molecule has 0 bridgehead atoms. The predicted octanol–water partition coefficient (Wildman–Crippen LogP) is 5.60. The Morgan fingerprint density at radius 3 is 2.62 bits per heavy atom. The van der Waals surface area contributed by atoms with Gasteiger partial charge in [0.1, 0.15) is 11.3 Å². The highest BCUT2D eigenvalue weighted by Gasteiger charge is 2.13. The molecule has 5 heteroatoms. The molecule has 2 heterocycles. The second kappa shape index (κ2) is 6.61. The third-order valence-corrected chi connectivity index (χ3v) is 4.07. The van der Waals surface area contributed by atoms with E-state index in [2.05, 4.69) is 35.4 Å². The number of benzene rings is 2. The van der Waals surface area contributed by atoms with Crippen molar-refractivity contribution in [1.29, 1.82) is 5.26 Å². The van der Waals surface area contributed by atoms with Crippen LogP contribution in [-0.4, -0.2) is 9.38 Å². The van der Waals surface area contributed by atoms with Gasteiger partial charge in [0.05, 0.1) is 17.3 Å². The van der Waals surface area contributed by atoms with Crippen LogP contribution < -0.4 is 0 Å². The van der Waals surface area contributed by atoms with Crippen LogP contribution in [0.15, 0.2) is 83.2 Å². The fourth-order valence-electron chi connectivity index (χ4n) is 2.73. The van der Waals surface area contributed by atoms with E-state index in [9.17, 15) is 0 Å². The van der Waals surface area contributed by atoms with E-state index in [1.54, 1.807) is 18.2 Å². The minimum atomic E-state index is 0.554. The third-order valence-electron chi connectivity index (χ3n) is 4.07. The zero-order chi connectivity index (χ0) is 17.9. The molecule has 0 atom stereocenters. The molecule has 26 heavy (non-hydrogen) atoms. The molecule has 4 rings (SSSR count). The van der Waals surface area contributed by atoms with E-state index < -0.39 is 0 Å². The van der Waals surface area contributed by atoms with Crippen molar-refractivity contribution in [3.8, 4) is 17.3 Å². The molecule has 2 aromatic heterocycles. The molecule has 0 spiro atoms. The molecule has 0 saturated carbocycles. The number of rotatable bonds is 3. The van der Waals surface area contributed by atoms with E-state index in [1.165, 1.54) is 5.56 Å². The minimum Gasteiger partial charge on any atom is -0.283 e. The van der Waals surface area contributed by atoms with E-state index in [1.807, 2.05) is 47.0 Å². The van der Waals surface area contributed by atoms with E-state index in [-0.39, 0.29) is 0 Å². The Hall–Kier alpha value is -3.78. The summed E-state index contributed by atoms with van der Waals surface area (Å²) in [5.41, 5.74) is 4.94. The standard InChI is InChI=1S/C21H15N5/c1-15-8-10-17(11-9-15)20-21(26-12-3-2-7-19(26)23-20)25-24-18-6-4-5-16(13-18)14-22/h2-13H,1H3. The van der Waals surface area contributed by atoms with E-state index >= 15 is 0 Å². The Morgan fingerprint density at radius 2 is 1.81 bits per heavy atom. The van der Waals surface area contributed by atoms with Crippen LogP contribution in [0.3, 0.4) is 0 Å². The van der Waals surface area contributed by atoms with Crippen LogP contribution in [0.1, 0.15) is 11.1 Å². The molecule has 124 valence electrons. The quantitative estimate of drug-likeness (QED) is 0.457. The monoisotopic (exact) mass is 337 g/mol. The number of nitriles is 1. The number of pyridine rings is 1. The molecule has 0 aliphatic carbocycles. The summed E-state index contributed by atoms with van der Waals surface area (Å²) in [7, 11) is 0. The highest BCUT2D eigenvalue weighted by atomic mass is 15.2. The molecule has 0 saturated heterocycles. The molecular weight excluding hydrogens is 322 g/mol. The normalized spacial score (nSPS) is 11.1. The van der Waals surface area contributed by atoms with Crippen LogP contribution in [0.25, 0.3) is 16.9 Å². The summed E-state index contributed by atoms with van der Waals surface area (Å²) < 4.78 is 1.91. The lowest BCUT2D eigenvalue weighted by molar-refractivity contribution is 1.10. The first-order chi connectivity index (χ1) is 12.7. The third kappa shape index (κ3) is 2.96. The average molecular weight is 337 g/mol. The number of hydrogen-bond acceptors (Lipinski definition) is 4. The second-order valence-electron chi connectivity index (χ2n) is 5.94. The van der Waals surface area contributed by atoms with Crippen molar-refractivity contribution in [2.75, 3.05) is 0 Å². The van der Waals surface area contributed by atoms with Crippen molar-refractivity contribution in [1.82, 2.24) is 9.38 Å². The number of hydrogen-bond donors (Lipinski definition) is 0. The molecular formula is C21H15N5. The first-order valence-corrected chi connectivity index (χ1v) is 8.20. The zero-order valence-electron chi connectivity index (χ0n) is 14.2. The van der Waals surface area contributed by atoms with Gasteiger partial charge < -0.3 is 0 Å². The maximum Gasteiger partial charge on any atom is 0.187 e. The molecule has 4 aromatic rings. The average Bonchev–Trinajstić information content (AvgIpc) is 3.05. The van der Waals surface area contributed by atoms with Gasteiger partial charge in [-0.25, -0.2) is 4.98 Å². The van der Waals surface area contributed by atoms with Crippen molar-refractivity contribution < 1.29 is 0 Å². The first-order valence-electron chi connectivity index (χ1n) is 8.20. The van der Waals surface area contributed by atoms with Gasteiger partial charge in [0.2, 0.25) is 0 Å². The van der Waals surface area contributed by atoms with Crippen molar-refractivity contribution in [3.05, 3.63) is 84.1 Å². The van der Waals surface area contributed by atoms with Crippen molar-refractivity contribution >= 4 is 17.2 Å². The topological polar surface area (TPSA) is 65.8 Å². The van der Waals surface area contributed by atoms with Gasteiger partial charge in [-0.2, -0.15) is 5.26 Å². The predicted molar refractivity (Wildman–Crippen MR) is 101 cm³/mol. The van der Waals surface area contributed by atoms with Gasteiger partial charge in [0, 0.05) is 11.8 Å². The summed E-state index contributed by atoms with van der Waals surface area (Å²) in [5.74, 6) is 0.659. The van der Waals surface area contributed by atoms with Gasteiger partial charge in [0.25, 0.3) is 0 Å². The molecule has 0 amide bonds. The smallest absolute Gasteiger partial charge is 0.187 e. The molecule has 0 radical (unpaired) electrons. The summed E-state index contributed by atoms with van der Waals surface area (Å²) >= 11 is 0. The molecule has 2 aromatic carbocycles. The van der Waals surface area contributed by atoms with Crippen LogP contribution in [0.5, 0.6) is 0 Å². The lowest BCUT2D eigenvalue weighted by Gasteiger charge is -2.00. The second-order valence-corrected chi connectivity index (χ2v) is 5.94. The molecule has 0 N–H and O–H groups in total. The number of fused-ring (bicyclic) bond motifs is 1. The molecule has 0 aliphatic rings. The van der Waals surface area contributed by atoms with Gasteiger partial charge in [0.15, 0.2) is 5.82 Å². The summed E-state index contributed by atoms with van der Waals surface area (Å²) in [5, 5.41) is 17.8. The molecule has 0 unspecified atom stereocenters. The number of aryl methyl sites for hydroxylation is 1. The summed E-state index contributed by atoms with van der Waals surface area (Å²) in [6, 6.07) is 23.2. The summed E-state index contributed by atoms with van der Waals surface area (Å²) in [6.45, 7) is 2.05. The molecule has 0 fully saturated rings. The van der Waals surface area contributed by atoms with Gasteiger partial charge in [-0.05, 0) is 37.3 Å². The first kappa shape index (κ1) is 15.7. The Labute approximate surface area is 150 Å². The summed E-state index contributed by atoms with van der Waals surface area (Å²) in [6.07, 6.45) is 1.92. The maximum atomic E-state index is 9.03. The summed E-state index contributed by atoms with van der Waals surface area (Å²) in [4.78, 5) is 4.72. The fraction of sp³-hybridized carbons (Fsp3) is 0.0476. The van der Waals surface area contributed by atoms with Gasteiger partial charge >= 0.3 is 0 Å². The van der Waals surface area contributed by atoms with E-state index in [0.29, 0.717) is 17.1 Å². The number of azo groups is 1. The number of nitrogens with zero attached hydrogens (tertiary/aromatic N) is 5. The van der Waals surface area contributed by atoms with Crippen LogP contribution in [-0.2, 0) is 0 Å².